The minimum absolute atomic E-state index is 0.350. The minimum atomic E-state index is 0.350. The van der Waals surface area contributed by atoms with Crippen molar-refractivity contribution in [2.75, 3.05) is 0 Å². The number of carbonyl (C=O) groups is 1. The maximum absolute atomic E-state index is 10.7. The van der Waals surface area contributed by atoms with Gasteiger partial charge in [-0.1, -0.05) is 26.0 Å². The van der Waals surface area contributed by atoms with Gasteiger partial charge in [-0.2, -0.15) is 5.26 Å². The first-order valence-corrected chi connectivity index (χ1v) is 6.41. The molecule has 20 heavy (non-hydrogen) atoms. The average molecular weight is 265 g/mol. The van der Waals surface area contributed by atoms with Crippen LogP contribution in [0.4, 0.5) is 0 Å². The van der Waals surface area contributed by atoms with Crippen molar-refractivity contribution in [2.24, 2.45) is 0 Å². The van der Waals surface area contributed by atoms with Crippen molar-refractivity contribution in [3.05, 3.63) is 59.2 Å². The Bertz CT molecular complexity index is 652. The quantitative estimate of drug-likeness (QED) is 0.775. The summed E-state index contributed by atoms with van der Waals surface area (Å²) in [6, 6.07) is 14.6. The van der Waals surface area contributed by atoms with Crippen LogP contribution < -0.4 is 4.74 Å². The molecule has 0 atom stereocenters. The second-order valence-electron chi connectivity index (χ2n) is 4.81. The van der Waals surface area contributed by atoms with Crippen LogP contribution in [0.2, 0.25) is 0 Å². The van der Waals surface area contributed by atoms with E-state index in [1.54, 1.807) is 12.1 Å². The molecule has 2 aromatic rings. The lowest BCUT2D eigenvalue weighted by Gasteiger charge is -2.10. The summed E-state index contributed by atoms with van der Waals surface area (Å²) in [4.78, 5) is 10.7. The molecule has 2 rings (SSSR count). The summed E-state index contributed by atoms with van der Waals surface area (Å²) in [6.07, 6.45) is 0.710. The first kappa shape index (κ1) is 13.8. The fourth-order valence-corrected chi connectivity index (χ4v) is 1.85. The first-order chi connectivity index (χ1) is 9.63. The maximum Gasteiger partial charge on any atom is 0.150 e. The van der Waals surface area contributed by atoms with Gasteiger partial charge < -0.3 is 4.74 Å². The number of aldehydes is 1. The molecule has 0 fully saturated rings. The fraction of sp³-hybridized carbons (Fsp3) is 0.176. The topological polar surface area (TPSA) is 50.1 Å². The maximum atomic E-state index is 10.7. The lowest BCUT2D eigenvalue weighted by molar-refractivity contribution is 0.112. The molecule has 2 aromatic carbocycles. The molecule has 0 aromatic heterocycles. The van der Waals surface area contributed by atoms with Gasteiger partial charge in [0.15, 0.2) is 0 Å². The van der Waals surface area contributed by atoms with E-state index in [4.69, 9.17) is 10.00 Å². The zero-order chi connectivity index (χ0) is 14.5. The Morgan fingerprint density at radius 2 is 1.85 bits per heavy atom. The molecule has 0 saturated heterocycles. The van der Waals surface area contributed by atoms with Crippen LogP contribution in [-0.2, 0) is 0 Å². The van der Waals surface area contributed by atoms with Gasteiger partial charge in [0.1, 0.15) is 23.9 Å². The van der Waals surface area contributed by atoms with Gasteiger partial charge in [-0.3, -0.25) is 4.79 Å². The normalized spacial score (nSPS) is 10.1. The third kappa shape index (κ3) is 3.04. The van der Waals surface area contributed by atoms with E-state index in [9.17, 15) is 4.79 Å². The molecule has 0 radical (unpaired) electrons. The molecule has 0 unspecified atom stereocenters. The van der Waals surface area contributed by atoms with E-state index in [1.807, 2.05) is 30.3 Å². The Labute approximate surface area is 118 Å². The molecule has 100 valence electrons. The summed E-state index contributed by atoms with van der Waals surface area (Å²) >= 11 is 0. The average Bonchev–Trinajstić information content (AvgIpc) is 2.48. The minimum Gasteiger partial charge on any atom is -0.456 e. The SMILES string of the molecule is CC(C)c1ccc(Oc2ccc(C=O)cc2C#N)cc1. The molecule has 0 aliphatic heterocycles. The number of rotatable bonds is 4. The number of hydrogen-bond acceptors (Lipinski definition) is 3. The number of carbonyl (C=O) groups excluding carboxylic acids is 1. The van der Waals surface area contributed by atoms with Crippen LogP contribution in [0.1, 0.15) is 41.3 Å². The zero-order valence-corrected chi connectivity index (χ0v) is 11.5. The van der Waals surface area contributed by atoms with E-state index < -0.39 is 0 Å². The van der Waals surface area contributed by atoms with Gasteiger partial charge in [0.25, 0.3) is 0 Å². The molecule has 0 aliphatic carbocycles. The van der Waals surface area contributed by atoms with Crippen molar-refractivity contribution >= 4 is 6.29 Å². The Morgan fingerprint density at radius 1 is 1.15 bits per heavy atom. The summed E-state index contributed by atoms with van der Waals surface area (Å²) in [5, 5.41) is 9.09. The Balaban J connectivity index is 2.26. The molecule has 0 bridgehead atoms. The van der Waals surface area contributed by atoms with Gasteiger partial charge in [-0.05, 0) is 41.8 Å². The second-order valence-corrected chi connectivity index (χ2v) is 4.81. The monoisotopic (exact) mass is 265 g/mol. The summed E-state index contributed by atoms with van der Waals surface area (Å²) in [5.74, 6) is 1.59. The molecule has 3 nitrogen and oxygen atoms in total. The van der Waals surface area contributed by atoms with Crippen LogP contribution in [-0.4, -0.2) is 6.29 Å². The molecular formula is C17H15NO2. The molecule has 0 aliphatic rings. The van der Waals surface area contributed by atoms with Gasteiger partial charge >= 0.3 is 0 Å². The van der Waals surface area contributed by atoms with E-state index in [0.29, 0.717) is 34.8 Å². The summed E-state index contributed by atoms with van der Waals surface area (Å²) in [5.41, 5.74) is 2.04. The zero-order valence-electron chi connectivity index (χ0n) is 11.5. The molecule has 0 spiro atoms. The Morgan fingerprint density at radius 3 is 2.40 bits per heavy atom. The predicted octanol–water partition coefficient (Wildman–Crippen LogP) is 4.29. The van der Waals surface area contributed by atoms with Gasteiger partial charge in [0.05, 0.1) is 5.56 Å². The van der Waals surface area contributed by atoms with Crippen LogP contribution in [0.3, 0.4) is 0 Å². The summed E-state index contributed by atoms with van der Waals surface area (Å²) in [7, 11) is 0. The van der Waals surface area contributed by atoms with Gasteiger partial charge in [0, 0.05) is 5.56 Å². The number of hydrogen-bond donors (Lipinski definition) is 0. The number of ether oxygens (including phenoxy) is 1. The highest BCUT2D eigenvalue weighted by molar-refractivity contribution is 5.76. The molecule has 0 heterocycles. The van der Waals surface area contributed by atoms with Gasteiger partial charge in [-0.15, -0.1) is 0 Å². The van der Waals surface area contributed by atoms with Crippen molar-refractivity contribution in [3.63, 3.8) is 0 Å². The molecule has 0 N–H and O–H groups in total. The van der Waals surface area contributed by atoms with Gasteiger partial charge in [-0.25, -0.2) is 0 Å². The van der Waals surface area contributed by atoms with E-state index in [0.717, 1.165) is 0 Å². The van der Waals surface area contributed by atoms with Crippen LogP contribution in [0.25, 0.3) is 0 Å². The lowest BCUT2D eigenvalue weighted by atomic mass is 10.0. The standard InChI is InChI=1S/C17H15NO2/c1-12(2)14-4-6-16(7-5-14)20-17-8-3-13(11-19)9-15(17)10-18/h3-9,11-12H,1-2H3. The van der Waals surface area contributed by atoms with Crippen molar-refractivity contribution in [1.82, 2.24) is 0 Å². The van der Waals surface area contributed by atoms with E-state index in [-0.39, 0.29) is 0 Å². The van der Waals surface area contributed by atoms with E-state index in [2.05, 4.69) is 13.8 Å². The van der Waals surface area contributed by atoms with Crippen molar-refractivity contribution in [2.45, 2.75) is 19.8 Å². The smallest absolute Gasteiger partial charge is 0.150 e. The van der Waals surface area contributed by atoms with Crippen LogP contribution in [0.5, 0.6) is 11.5 Å². The first-order valence-electron chi connectivity index (χ1n) is 6.41. The van der Waals surface area contributed by atoms with Gasteiger partial charge in [0.2, 0.25) is 0 Å². The highest BCUT2D eigenvalue weighted by atomic mass is 16.5. The predicted molar refractivity (Wildman–Crippen MR) is 77.1 cm³/mol. The van der Waals surface area contributed by atoms with Crippen LogP contribution >= 0.6 is 0 Å². The second kappa shape index (κ2) is 6.03. The summed E-state index contributed by atoms with van der Waals surface area (Å²) < 4.78 is 5.70. The molecule has 0 amide bonds. The lowest BCUT2D eigenvalue weighted by Crippen LogP contribution is -1.91. The molecular weight excluding hydrogens is 250 g/mol. The van der Waals surface area contributed by atoms with E-state index >= 15 is 0 Å². The molecule has 3 heteroatoms. The highest BCUT2D eigenvalue weighted by Gasteiger charge is 2.06. The third-order valence-corrected chi connectivity index (χ3v) is 3.03. The summed E-state index contributed by atoms with van der Waals surface area (Å²) in [6.45, 7) is 4.25. The van der Waals surface area contributed by atoms with Crippen molar-refractivity contribution < 1.29 is 9.53 Å². The number of nitrogens with zero attached hydrogens (tertiary/aromatic N) is 1. The number of benzene rings is 2. The van der Waals surface area contributed by atoms with E-state index in [1.165, 1.54) is 11.6 Å². The largest absolute Gasteiger partial charge is 0.456 e. The fourth-order valence-electron chi connectivity index (χ4n) is 1.85. The Hall–Kier alpha value is -2.60. The Kier molecular flexibility index (Phi) is 4.17. The van der Waals surface area contributed by atoms with Crippen molar-refractivity contribution in [1.29, 1.82) is 5.26 Å². The van der Waals surface area contributed by atoms with Crippen molar-refractivity contribution in [3.8, 4) is 17.6 Å². The van der Waals surface area contributed by atoms with Crippen LogP contribution in [0, 0.1) is 11.3 Å². The highest BCUT2D eigenvalue weighted by Crippen LogP contribution is 2.27. The number of nitriles is 1. The van der Waals surface area contributed by atoms with Crippen LogP contribution in [0.15, 0.2) is 42.5 Å². The molecule has 0 saturated carbocycles. The third-order valence-electron chi connectivity index (χ3n) is 3.03.